The largest absolute Gasteiger partial charge is 0.464 e. The minimum atomic E-state index is -0.526. The molecular formula is C11H6FNO. The van der Waals surface area contributed by atoms with E-state index in [1.165, 1.54) is 12.3 Å². The molecule has 1 aromatic carbocycles. The lowest BCUT2D eigenvalue weighted by Gasteiger charge is -2.00. The molecule has 0 unspecified atom stereocenters. The van der Waals surface area contributed by atoms with Gasteiger partial charge in [0.15, 0.2) is 0 Å². The first kappa shape index (κ1) is 8.52. The summed E-state index contributed by atoms with van der Waals surface area (Å²) in [6.07, 6.45) is 1.49. The Labute approximate surface area is 80.2 Å². The molecule has 2 rings (SSSR count). The Bertz CT molecular complexity index is 482. The Kier molecular flexibility index (Phi) is 2.04. The van der Waals surface area contributed by atoms with Gasteiger partial charge in [-0.3, -0.25) is 0 Å². The van der Waals surface area contributed by atoms with E-state index < -0.39 is 5.82 Å². The highest BCUT2D eigenvalue weighted by Crippen LogP contribution is 2.25. The van der Waals surface area contributed by atoms with Crippen molar-refractivity contribution in [2.24, 2.45) is 0 Å². The van der Waals surface area contributed by atoms with Crippen LogP contribution >= 0.6 is 0 Å². The van der Waals surface area contributed by atoms with Crippen molar-refractivity contribution in [1.82, 2.24) is 0 Å². The van der Waals surface area contributed by atoms with Gasteiger partial charge in [-0.15, -0.1) is 0 Å². The molecule has 0 fully saturated rings. The number of benzene rings is 1. The predicted molar refractivity (Wildman–Crippen MR) is 48.8 cm³/mol. The van der Waals surface area contributed by atoms with Crippen LogP contribution in [-0.2, 0) is 0 Å². The standard InChI is InChI=1S/C11H6FNO/c12-10-4-1-3-8(9(10)7-13)11-5-2-6-14-11/h1-6H. The highest BCUT2D eigenvalue weighted by Gasteiger charge is 2.10. The Balaban J connectivity index is 2.66. The molecule has 0 amide bonds. The lowest BCUT2D eigenvalue weighted by Crippen LogP contribution is -1.87. The van der Waals surface area contributed by atoms with E-state index in [2.05, 4.69) is 0 Å². The van der Waals surface area contributed by atoms with Gasteiger partial charge in [0.25, 0.3) is 0 Å². The average molecular weight is 187 g/mol. The van der Waals surface area contributed by atoms with Gasteiger partial charge in [-0.25, -0.2) is 4.39 Å². The number of hydrogen-bond acceptors (Lipinski definition) is 2. The summed E-state index contributed by atoms with van der Waals surface area (Å²) in [5, 5.41) is 8.77. The maximum Gasteiger partial charge on any atom is 0.141 e. The summed E-state index contributed by atoms with van der Waals surface area (Å²) in [5.41, 5.74) is 0.500. The maximum atomic E-state index is 13.2. The summed E-state index contributed by atoms with van der Waals surface area (Å²) in [6.45, 7) is 0. The molecule has 14 heavy (non-hydrogen) atoms. The van der Waals surface area contributed by atoms with Crippen LogP contribution in [0.1, 0.15) is 5.56 Å². The zero-order valence-corrected chi connectivity index (χ0v) is 7.20. The van der Waals surface area contributed by atoms with Crippen molar-refractivity contribution < 1.29 is 8.81 Å². The van der Waals surface area contributed by atoms with Crippen molar-refractivity contribution in [3.05, 3.63) is 48.0 Å². The molecule has 2 nitrogen and oxygen atoms in total. The Morgan fingerprint density at radius 3 is 2.71 bits per heavy atom. The summed E-state index contributed by atoms with van der Waals surface area (Å²) >= 11 is 0. The Hall–Kier alpha value is -2.08. The van der Waals surface area contributed by atoms with Crippen LogP contribution in [0.15, 0.2) is 41.0 Å². The zero-order chi connectivity index (χ0) is 9.97. The second kappa shape index (κ2) is 3.35. The van der Waals surface area contributed by atoms with Gasteiger partial charge in [-0.05, 0) is 24.3 Å². The topological polar surface area (TPSA) is 36.9 Å². The molecule has 0 saturated carbocycles. The van der Waals surface area contributed by atoms with E-state index in [0.29, 0.717) is 11.3 Å². The van der Waals surface area contributed by atoms with Gasteiger partial charge in [-0.1, -0.05) is 6.07 Å². The van der Waals surface area contributed by atoms with Crippen LogP contribution < -0.4 is 0 Å². The van der Waals surface area contributed by atoms with Crippen LogP contribution in [0.3, 0.4) is 0 Å². The third-order valence-electron chi connectivity index (χ3n) is 1.91. The molecule has 68 valence electrons. The van der Waals surface area contributed by atoms with Crippen molar-refractivity contribution in [2.45, 2.75) is 0 Å². The van der Waals surface area contributed by atoms with Crippen molar-refractivity contribution in [3.8, 4) is 17.4 Å². The highest BCUT2D eigenvalue weighted by molar-refractivity contribution is 5.66. The fraction of sp³-hybridized carbons (Fsp3) is 0. The molecule has 0 aliphatic carbocycles. The molecule has 2 aromatic rings. The van der Waals surface area contributed by atoms with E-state index >= 15 is 0 Å². The summed E-state index contributed by atoms with van der Waals surface area (Å²) in [5.74, 6) is -0.0255. The van der Waals surface area contributed by atoms with Crippen LogP contribution in [0, 0.1) is 17.1 Å². The first-order valence-electron chi connectivity index (χ1n) is 4.05. The van der Waals surface area contributed by atoms with Crippen LogP contribution in [0.2, 0.25) is 0 Å². The van der Waals surface area contributed by atoms with Gasteiger partial charge in [0.1, 0.15) is 17.6 Å². The number of furan rings is 1. The van der Waals surface area contributed by atoms with E-state index in [9.17, 15) is 4.39 Å². The van der Waals surface area contributed by atoms with Crippen molar-refractivity contribution in [3.63, 3.8) is 0 Å². The number of hydrogen-bond donors (Lipinski definition) is 0. The fourth-order valence-electron chi connectivity index (χ4n) is 1.27. The summed E-state index contributed by atoms with van der Waals surface area (Å²) < 4.78 is 18.3. The molecule has 0 radical (unpaired) electrons. The highest BCUT2D eigenvalue weighted by atomic mass is 19.1. The van der Waals surface area contributed by atoms with E-state index in [0.717, 1.165) is 0 Å². The molecule has 0 bridgehead atoms. The van der Waals surface area contributed by atoms with E-state index in [1.54, 1.807) is 24.3 Å². The Morgan fingerprint density at radius 1 is 1.21 bits per heavy atom. The van der Waals surface area contributed by atoms with E-state index in [4.69, 9.17) is 9.68 Å². The van der Waals surface area contributed by atoms with Crippen LogP contribution in [-0.4, -0.2) is 0 Å². The molecule has 1 heterocycles. The number of nitrogens with zero attached hydrogens (tertiary/aromatic N) is 1. The first-order valence-corrected chi connectivity index (χ1v) is 4.05. The fourth-order valence-corrected chi connectivity index (χ4v) is 1.27. The molecular weight excluding hydrogens is 181 g/mol. The van der Waals surface area contributed by atoms with Gasteiger partial charge in [-0.2, -0.15) is 5.26 Å². The second-order valence-corrected chi connectivity index (χ2v) is 2.75. The SMILES string of the molecule is N#Cc1c(F)cccc1-c1ccco1. The molecule has 0 aliphatic rings. The molecule has 0 aliphatic heterocycles. The van der Waals surface area contributed by atoms with Gasteiger partial charge >= 0.3 is 0 Å². The number of rotatable bonds is 1. The predicted octanol–water partition coefficient (Wildman–Crippen LogP) is 2.96. The molecule has 0 saturated heterocycles. The quantitative estimate of drug-likeness (QED) is 0.688. The lowest BCUT2D eigenvalue weighted by atomic mass is 10.1. The average Bonchev–Trinajstić information content (AvgIpc) is 2.70. The normalized spacial score (nSPS) is 9.71. The van der Waals surface area contributed by atoms with Crippen LogP contribution in [0.4, 0.5) is 4.39 Å². The van der Waals surface area contributed by atoms with Crippen LogP contribution in [0.25, 0.3) is 11.3 Å². The van der Waals surface area contributed by atoms with Gasteiger partial charge in [0, 0.05) is 5.56 Å². The van der Waals surface area contributed by atoms with E-state index in [1.807, 2.05) is 6.07 Å². The zero-order valence-electron chi connectivity index (χ0n) is 7.20. The van der Waals surface area contributed by atoms with Gasteiger partial charge in [0.05, 0.1) is 11.8 Å². The number of halogens is 1. The molecule has 0 N–H and O–H groups in total. The van der Waals surface area contributed by atoms with Crippen LogP contribution in [0.5, 0.6) is 0 Å². The lowest BCUT2D eigenvalue weighted by molar-refractivity contribution is 0.579. The van der Waals surface area contributed by atoms with Gasteiger partial charge in [0.2, 0.25) is 0 Å². The molecule has 1 aromatic heterocycles. The van der Waals surface area contributed by atoms with Crippen molar-refractivity contribution >= 4 is 0 Å². The third-order valence-corrected chi connectivity index (χ3v) is 1.91. The molecule has 0 spiro atoms. The smallest absolute Gasteiger partial charge is 0.141 e. The monoisotopic (exact) mass is 187 g/mol. The Morgan fingerprint density at radius 2 is 2.07 bits per heavy atom. The third kappa shape index (κ3) is 1.27. The first-order chi connectivity index (χ1) is 6.83. The molecule has 3 heteroatoms. The summed E-state index contributed by atoms with van der Waals surface area (Å²) in [4.78, 5) is 0. The second-order valence-electron chi connectivity index (χ2n) is 2.75. The number of nitriles is 1. The van der Waals surface area contributed by atoms with Crippen molar-refractivity contribution in [1.29, 1.82) is 5.26 Å². The minimum Gasteiger partial charge on any atom is -0.464 e. The minimum absolute atomic E-state index is 0.0162. The van der Waals surface area contributed by atoms with Gasteiger partial charge < -0.3 is 4.42 Å². The van der Waals surface area contributed by atoms with E-state index in [-0.39, 0.29) is 5.56 Å². The summed E-state index contributed by atoms with van der Waals surface area (Å²) in [7, 11) is 0. The van der Waals surface area contributed by atoms with Crippen molar-refractivity contribution in [2.75, 3.05) is 0 Å². The maximum absolute atomic E-state index is 13.2. The molecule has 0 atom stereocenters. The summed E-state index contributed by atoms with van der Waals surface area (Å²) in [6, 6.07) is 9.66.